The lowest BCUT2D eigenvalue weighted by atomic mass is 10.2. The Kier molecular flexibility index (Phi) is 5.61. The van der Waals surface area contributed by atoms with E-state index in [-0.39, 0.29) is 18.0 Å². The Morgan fingerprint density at radius 2 is 1.92 bits per heavy atom. The second kappa shape index (κ2) is 8.09. The van der Waals surface area contributed by atoms with E-state index >= 15 is 0 Å². The van der Waals surface area contributed by atoms with Gasteiger partial charge in [0.05, 0.1) is 12.2 Å². The van der Waals surface area contributed by atoms with Gasteiger partial charge in [-0.15, -0.1) is 0 Å². The summed E-state index contributed by atoms with van der Waals surface area (Å²) in [7, 11) is 0. The molecule has 0 saturated carbocycles. The van der Waals surface area contributed by atoms with Gasteiger partial charge in [0, 0.05) is 27.2 Å². The summed E-state index contributed by atoms with van der Waals surface area (Å²) >= 11 is 1.84. The van der Waals surface area contributed by atoms with Gasteiger partial charge in [0.2, 0.25) is 5.91 Å². The van der Waals surface area contributed by atoms with Gasteiger partial charge in [-0.3, -0.25) is 9.59 Å². The van der Waals surface area contributed by atoms with Crippen molar-refractivity contribution < 1.29 is 14.0 Å². The Hall–Kier alpha value is -2.75. The van der Waals surface area contributed by atoms with Crippen LogP contribution in [-0.2, 0) is 4.79 Å². The van der Waals surface area contributed by atoms with E-state index in [1.807, 2.05) is 47.0 Å². The van der Waals surface area contributed by atoms with Gasteiger partial charge in [-0.25, -0.2) is 9.07 Å². The highest BCUT2D eigenvalue weighted by Crippen LogP contribution is 2.13. The van der Waals surface area contributed by atoms with Crippen LogP contribution in [-0.4, -0.2) is 28.1 Å². The quantitative estimate of drug-likeness (QED) is 0.571. The van der Waals surface area contributed by atoms with Crippen molar-refractivity contribution >= 4 is 40.1 Å². The smallest absolute Gasteiger partial charge is 0.251 e. The Morgan fingerprint density at radius 3 is 2.58 bits per heavy atom. The highest BCUT2D eigenvalue weighted by atomic mass is 127. The molecule has 0 unspecified atom stereocenters. The normalized spacial score (nSPS) is 10.4. The topological polar surface area (TPSA) is 76.0 Å². The molecule has 26 heavy (non-hydrogen) atoms. The maximum absolute atomic E-state index is 13.5. The van der Waals surface area contributed by atoms with E-state index in [1.54, 1.807) is 23.0 Å². The molecular weight excluding hydrogens is 450 g/mol. The predicted molar refractivity (Wildman–Crippen MR) is 104 cm³/mol. The van der Waals surface area contributed by atoms with Crippen LogP contribution in [0.1, 0.15) is 10.4 Å². The van der Waals surface area contributed by atoms with Crippen molar-refractivity contribution in [2.24, 2.45) is 0 Å². The standard InChI is InChI=1S/C18H14FIN4O2/c19-15-10-12(2-7-16(15)20)18(26)21-11-17(25)23-13-3-5-14(6-4-13)24-9-1-8-22-24/h1-10H,11H2,(H,21,26)(H,23,25). The zero-order valence-electron chi connectivity index (χ0n) is 13.4. The first-order valence-corrected chi connectivity index (χ1v) is 8.74. The third-order valence-electron chi connectivity index (χ3n) is 3.51. The molecule has 2 N–H and O–H groups in total. The van der Waals surface area contributed by atoms with Crippen molar-refractivity contribution in [1.29, 1.82) is 0 Å². The van der Waals surface area contributed by atoms with Crippen molar-refractivity contribution in [1.82, 2.24) is 15.1 Å². The molecule has 0 bridgehead atoms. The second-order valence-corrected chi connectivity index (χ2v) is 6.52. The molecule has 132 valence electrons. The van der Waals surface area contributed by atoms with Crippen LogP contribution < -0.4 is 10.6 Å². The largest absolute Gasteiger partial charge is 0.343 e. The summed E-state index contributed by atoms with van der Waals surface area (Å²) in [6.45, 7) is -0.215. The van der Waals surface area contributed by atoms with Gasteiger partial charge in [-0.1, -0.05) is 0 Å². The van der Waals surface area contributed by atoms with Crippen molar-refractivity contribution in [3.63, 3.8) is 0 Å². The van der Waals surface area contributed by atoms with Crippen molar-refractivity contribution in [2.75, 3.05) is 11.9 Å². The first kappa shape index (κ1) is 18.1. The summed E-state index contributed by atoms with van der Waals surface area (Å²) in [5.41, 5.74) is 1.63. The number of nitrogens with zero attached hydrogens (tertiary/aromatic N) is 2. The van der Waals surface area contributed by atoms with Crippen LogP contribution in [0.15, 0.2) is 60.9 Å². The molecule has 0 spiro atoms. The minimum Gasteiger partial charge on any atom is -0.343 e. The van der Waals surface area contributed by atoms with Crippen LogP contribution in [0.2, 0.25) is 0 Å². The Balaban J connectivity index is 1.53. The van der Waals surface area contributed by atoms with Crippen molar-refractivity contribution in [3.8, 4) is 5.69 Å². The minimum absolute atomic E-state index is 0.166. The monoisotopic (exact) mass is 464 g/mol. The van der Waals surface area contributed by atoms with E-state index in [0.717, 1.165) is 11.8 Å². The molecule has 3 rings (SSSR count). The number of benzene rings is 2. The van der Waals surface area contributed by atoms with E-state index in [9.17, 15) is 14.0 Å². The Morgan fingerprint density at radius 1 is 1.15 bits per heavy atom. The predicted octanol–water partition coefficient (Wildman–Crippen LogP) is 2.98. The summed E-state index contributed by atoms with van der Waals surface area (Å²) in [6, 6.07) is 13.1. The number of aromatic nitrogens is 2. The fraction of sp³-hybridized carbons (Fsp3) is 0.0556. The maximum Gasteiger partial charge on any atom is 0.251 e. The molecule has 2 aromatic carbocycles. The fourth-order valence-electron chi connectivity index (χ4n) is 2.22. The summed E-state index contributed by atoms with van der Waals surface area (Å²) in [5.74, 6) is -1.36. The Labute approximate surface area is 162 Å². The highest BCUT2D eigenvalue weighted by molar-refractivity contribution is 14.1. The van der Waals surface area contributed by atoms with E-state index in [1.165, 1.54) is 12.1 Å². The number of hydrogen-bond acceptors (Lipinski definition) is 3. The van der Waals surface area contributed by atoms with Crippen LogP contribution in [0.5, 0.6) is 0 Å². The van der Waals surface area contributed by atoms with Crippen LogP contribution in [0.25, 0.3) is 5.69 Å². The van der Waals surface area contributed by atoms with Crippen LogP contribution in [0.4, 0.5) is 10.1 Å². The van der Waals surface area contributed by atoms with E-state index in [4.69, 9.17) is 0 Å². The van der Waals surface area contributed by atoms with Gasteiger partial charge in [-0.2, -0.15) is 5.10 Å². The Bertz CT molecular complexity index is 927. The number of amides is 2. The van der Waals surface area contributed by atoms with Gasteiger partial charge in [0.25, 0.3) is 5.91 Å². The molecule has 2 amide bonds. The first-order chi connectivity index (χ1) is 12.5. The number of carbonyl (C=O) groups excluding carboxylic acids is 2. The van der Waals surface area contributed by atoms with Gasteiger partial charge in [-0.05, 0) is 71.1 Å². The molecule has 6 nitrogen and oxygen atoms in total. The van der Waals surface area contributed by atoms with E-state index < -0.39 is 11.7 Å². The molecule has 0 saturated heterocycles. The summed E-state index contributed by atoms with van der Waals surface area (Å²) in [5, 5.41) is 9.27. The van der Waals surface area contributed by atoms with Crippen molar-refractivity contribution in [3.05, 3.63) is 75.9 Å². The number of nitrogens with one attached hydrogen (secondary N) is 2. The molecule has 1 heterocycles. The number of rotatable bonds is 5. The van der Waals surface area contributed by atoms with Gasteiger partial charge in [0.15, 0.2) is 0 Å². The fourth-order valence-corrected chi connectivity index (χ4v) is 2.56. The third kappa shape index (κ3) is 4.45. The van der Waals surface area contributed by atoms with E-state index in [2.05, 4.69) is 15.7 Å². The SMILES string of the molecule is O=C(CNC(=O)c1ccc(I)c(F)c1)Nc1ccc(-n2cccn2)cc1. The van der Waals surface area contributed by atoms with Gasteiger partial charge in [0.1, 0.15) is 5.82 Å². The zero-order valence-corrected chi connectivity index (χ0v) is 15.6. The molecule has 0 aliphatic carbocycles. The lowest BCUT2D eigenvalue weighted by Gasteiger charge is -2.08. The summed E-state index contributed by atoms with van der Waals surface area (Å²) in [4.78, 5) is 23.9. The van der Waals surface area contributed by atoms with Gasteiger partial charge < -0.3 is 10.6 Å². The average molecular weight is 464 g/mol. The van der Waals surface area contributed by atoms with Gasteiger partial charge >= 0.3 is 0 Å². The molecule has 1 aromatic heterocycles. The molecule has 0 radical (unpaired) electrons. The van der Waals surface area contributed by atoms with Crippen LogP contribution in [0.3, 0.4) is 0 Å². The molecule has 0 aliphatic rings. The third-order valence-corrected chi connectivity index (χ3v) is 4.39. The van der Waals surface area contributed by atoms with E-state index in [0.29, 0.717) is 9.26 Å². The number of halogens is 2. The van der Waals surface area contributed by atoms with Crippen molar-refractivity contribution in [2.45, 2.75) is 0 Å². The lowest BCUT2D eigenvalue weighted by Crippen LogP contribution is -2.32. The lowest BCUT2D eigenvalue weighted by molar-refractivity contribution is -0.115. The molecule has 0 fully saturated rings. The molecule has 0 atom stereocenters. The highest BCUT2D eigenvalue weighted by Gasteiger charge is 2.10. The first-order valence-electron chi connectivity index (χ1n) is 7.66. The molecule has 3 aromatic rings. The summed E-state index contributed by atoms with van der Waals surface area (Å²) < 4.78 is 15.6. The number of anilines is 1. The minimum atomic E-state index is -0.510. The average Bonchev–Trinajstić information content (AvgIpc) is 3.17. The number of carbonyl (C=O) groups is 2. The van der Waals surface area contributed by atoms with Crippen LogP contribution >= 0.6 is 22.6 Å². The molecular formula is C18H14FIN4O2. The second-order valence-electron chi connectivity index (χ2n) is 5.36. The number of hydrogen-bond donors (Lipinski definition) is 2. The van der Waals surface area contributed by atoms with Crippen LogP contribution in [0, 0.1) is 9.39 Å². The zero-order chi connectivity index (χ0) is 18.5. The summed E-state index contributed by atoms with van der Waals surface area (Å²) in [6.07, 6.45) is 3.49. The molecule has 8 heteroatoms. The molecule has 0 aliphatic heterocycles. The maximum atomic E-state index is 13.5.